The van der Waals surface area contributed by atoms with Crippen LogP contribution in [0, 0.1) is 0 Å². The molecule has 0 aliphatic heterocycles. The van der Waals surface area contributed by atoms with Crippen LogP contribution in [0.2, 0.25) is 0 Å². The molecule has 22 heavy (non-hydrogen) atoms. The third kappa shape index (κ3) is 7.64. The summed E-state index contributed by atoms with van der Waals surface area (Å²) in [6.45, 7) is 5.15. The van der Waals surface area contributed by atoms with E-state index in [2.05, 4.69) is 16.0 Å². The third-order valence-electron chi connectivity index (χ3n) is 3.11. The largest absolute Gasteiger partial charge is 0.355 e. The van der Waals surface area contributed by atoms with Crippen LogP contribution in [0.3, 0.4) is 0 Å². The molecule has 0 aromatic heterocycles. The quantitative estimate of drug-likeness (QED) is 0.595. The van der Waals surface area contributed by atoms with Crippen molar-refractivity contribution >= 4 is 11.9 Å². The number of amides is 3. The minimum absolute atomic E-state index is 0.0519. The lowest BCUT2D eigenvalue weighted by atomic mass is 10.2. The SMILES string of the molecule is CCNCCNC(=O)CCNC(=O)N(C)Cc1ccccc1. The van der Waals surface area contributed by atoms with Gasteiger partial charge in [-0.25, -0.2) is 4.79 Å². The van der Waals surface area contributed by atoms with Gasteiger partial charge in [-0.05, 0) is 12.1 Å². The highest BCUT2D eigenvalue weighted by atomic mass is 16.2. The Hall–Kier alpha value is -2.08. The van der Waals surface area contributed by atoms with E-state index in [0.717, 1.165) is 18.7 Å². The average Bonchev–Trinajstić information content (AvgIpc) is 2.52. The van der Waals surface area contributed by atoms with Crippen LogP contribution < -0.4 is 16.0 Å². The first kappa shape index (κ1) is 18.0. The second kappa shape index (κ2) is 10.6. The van der Waals surface area contributed by atoms with Crippen molar-refractivity contribution in [3.63, 3.8) is 0 Å². The first-order chi connectivity index (χ1) is 10.6. The molecule has 6 nitrogen and oxygen atoms in total. The summed E-state index contributed by atoms with van der Waals surface area (Å²) in [7, 11) is 1.73. The number of urea groups is 1. The van der Waals surface area contributed by atoms with Gasteiger partial charge in [0.1, 0.15) is 0 Å². The molecular weight excluding hydrogens is 280 g/mol. The number of hydrogen-bond donors (Lipinski definition) is 3. The van der Waals surface area contributed by atoms with Gasteiger partial charge in [-0.1, -0.05) is 37.3 Å². The summed E-state index contributed by atoms with van der Waals surface area (Å²) >= 11 is 0. The van der Waals surface area contributed by atoms with Gasteiger partial charge in [0.2, 0.25) is 5.91 Å². The lowest BCUT2D eigenvalue weighted by molar-refractivity contribution is -0.120. The molecule has 0 bridgehead atoms. The van der Waals surface area contributed by atoms with Crippen LogP contribution in [0.1, 0.15) is 18.9 Å². The molecule has 0 atom stereocenters. The molecule has 1 rings (SSSR count). The van der Waals surface area contributed by atoms with E-state index < -0.39 is 0 Å². The number of benzene rings is 1. The van der Waals surface area contributed by atoms with Crippen molar-refractivity contribution in [1.29, 1.82) is 0 Å². The highest BCUT2D eigenvalue weighted by Gasteiger charge is 2.09. The molecular formula is C16H26N4O2. The summed E-state index contributed by atoms with van der Waals surface area (Å²) in [6, 6.07) is 9.60. The summed E-state index contributed by atoms with van der Waals surface area (Å²) in [4.78, 5) is 25.0. The van der Waals surface area contributed by atoms with Gasteiger partial charge in [-0.2, -0.15) is 0 Å². The van der Waals surface area contributed by atoms with E-state index in [1.165, 1.54) is 0 Å². The van der Waals surface area contributed by atoms with Crippen molar-refractivity contribution in [2.75, 3.05) is 33.2 Å². The molecule has 0 heterocycles. The van der Waals surface area contributed by atoms with E-state index >= 15 is 0 Å². The van der Waals surface area contributed by atoms with Crippen LogP contribution in [0.5, 0.6) is 0 Å². The van der Waals surface area contributed by atoms with E-state index in [-0.39, 0.29) is 18.4 Å². The van der Waals surface area contributed by atoms with Crippen LogP contribution in [0.15, 0.2) is 30.3 Å². The number of hydrogen-bond acceptors (Lipinski definition) is 3. The Morgan fingerprint density at radius 1 is 1.05 bits per heavy atom. The maximum atomic E-state index is 11.9. The molecule has 0 spiro atoms. The van der Waals surface area contributed by atoms with Crippen LogP contribution >= 0.6 is 0 Å². The predicted octanol–water partition coefficient (Wildman–Crippen LogP) is 0.944. The number of rotatable bonds is 9. The van der Waals surface area contributed by atoms with Gasteiger partial charge in [-0.3, -0.25) is 4.79 Å². The van der Waals surface area contributed by atoms with E-state index in [4.69, 9.17) is 0 Å². The second-order valence-corrected chi connectivity index (χ2v) is 5.03. The maximum Gasteiger partial charge on any atom is 0.317 e. The molecule has 122 valence electrons. The summed E-state index contributed by atoms with van der Waals surface area (Å²) in [5.74, 6) is -0.0519. The molecule has 1 aromatic carbocycles. The smallest absolute Gasteiger partial charge is 0.317 e. The topological polar surface area (TPSA) is 73.5 Å². The zero-order valence-corrected chi connectivity index (χ0v) is 13.4. The van der Waals surface area contributed by atoms with Crippen LogP contribution in [-0.2, 0) is 11.3 Å². The molecule has 0 saturated carbocycles. The summed E-state index contributed by atoms with van der Waals surface area (Å²) in [6.07, 6.45) is 0.289. The van der Waals surface area contributed by atoms with E-state index in [1.807, 2.05) is 37.3 Å². The highest BCUT2D eigenvalue weighted by Crippen LogP contribution is 2.02. The third-order valence-corrected chi connectivity index (χ3v) is 3.11. The molecule has 0 fully saturated rings. The fraction of sp³-hybridized carbons (Fsp3) is 0.500. The van der Waals surface area contributed by atoms with Gasteiger partial charge in [0.05, 0.1) is 0 Å². The zero-order valence-electron chi connectivity index (χ0n) is 13.4. The molecule has 1 aromatic rings. The fourth-order valence-corrected chi connectivity index (χ4v) is 1.90. The van der Waals surface area contributed by atoms with Crippen molar-refractivity contribution in [3.8, 4) is 0 Å². The Morgan fingerprint density at radius 2 is 1.77 bits per heavy atom. The standard InChI is InChI=1S/C16H26N4O2/c1-3-17-11-12-18-15(21)9-10-19-16(22)20(2)13-14-7-5-4-6-8-14/h4-8,17H,3,9-13H2,1-2H3,(H,18,21)(H,19,22). The average molecular weight is 306 g/mol. The minimum Gasteiger partial charge on any atom is -0.355 e. The van der Waals surface area contributed by atoms with Gasteiger partial charge in [0.15, 0.2) is 0 Å². The summed E-state index contributed by atoms with van der Waals surface area (Å²) in [5.41, 5.74) is 1.07. The molecule has 0 unspecified atom stereocenters. The van der Waals surface area contributed by atoms with Crippen molar-refractivity contribution in [1.82, 2.24) is 20.9 Å². The van der Waals surface area contributed by atoms with Crippen molar-refractivity contribution in [2.24, 2.45) is 0 Å². The van der Waals surface area contributed by atoms with Crippen LogP contribution in [0.25, 0.3) is 0 Å². The number of nitrogens with zero attached hydrogens (tertiary/aromatic N) is 1. The van der Waals surface area contributed by atoms with Gasteiger partial charge < -0.3 is 20.9 Å². The number of carbonyl (C=O) groups is 2. The Kier molecular flexibility index (Phi) is 8.67. The molecule has 3 N–H and O–H groups in total. The summed E-state index contributed by atoms with van der Waals surface area (Å²) in [5, 5.41) is 8.66. The molecule has 3 amide bonds. The van der Waals surface area contributed by atoms with Gasteiger partial charge >= 0.3 is 6.03 Å². The Morgan fingerprint density at radius 3 is 2.45 bits per heavy atom. The van der Waals surface area contributed by atoms with Crippen molar-refractivity contribution < 1.29 is 9.59 Å². The van der Waals surface area contributed by atoms with E-state index in [9.17, 15) is 9.59 Å². The van der Waals surface area contributed by atoms with Gasteiger partial charge in [-0.15, -0.1) is 0 Å². The zero-order chi connectivity index (χ0) is 16.2. The lowest BCUT2D eigenvalue weighted by Gasteiger charge is -2.18. The van der Waals surface area contributed by atoms with E-state index in [1.54, 1.807) is 11.9 Å². The van der Waals surface area contributed by atoms with E-state index in [0.29, 0.717) is 19.6 Å². The van der Waals surface area contributed by atoms with Crippen molar-refractivity contribution in [2.45, 2.75) is 19.9 Å². The van der Waals surface area contributed by atoms with Gasteiger partial charge in [0, 0.05) is 39.6 Å². The Balaban J connectivity index is 2.15. The number of carbonyl (C=O) groups excluding carboxylic acids is 2. The first-order valence-corrected chi connectivity index (χ1v) is 7.63. The minimum atomic E-state index is -0.177. The Labute approximate surface area is 132 Å². The maximum absolute atomic E-state index is 11.9. The predicted molar refractivity (Wildman–Crippen MR) is 87.5 cm³/mol. The normalized spacial score (nSPS) is 10.1. The Bertz CT molecular complexity index is 451. The molecule has 0 saturated heterocycles. The molecule has 0 aliphatic carbocycles. The van der Waals surface area contributed by atoms with Gasteiger partial charge in [0.25, 0.3) is 0 Å². The van der Waals surface area contributed by atoms with Crippen molar-refractivity contribution in [3.05, 3.63) is 35.9 Å². The monoisotopic (exact) mass is 306 g/mol. The van der Waals surface area contributed by atoms with Crippen LogP contribution in [0.4, 0.5) is 4.79 Å². The molecule has 0 aliphatic rings. The summed E-state index contributed by atoms with van der Waals surface area (Å²) < 4.78 is 0. The number of likely N-dealkylation sites (N-methyl/N-ethyl adjacent to an activating group) is 1. The lowest BCUT2D eigenvalue weighted by Crippen LogP contribution is -2.39. The second-order valence-electron chi connectivity index (χ2n) is 5.03. The number of nitrogens with one attached hydrogen (secondary N) is 3. The van der Waals surface area contributed by atoms with Crippen LogP contribution in [-0.4, -0.2) is 50.1 Å². The molecule has 6 heteroatoms. The molecule has 0 radical (unpaired) electrons. The highest BCUT2D eigenvalue weighted by molar-refractivity contribution is 5.78. The first-order valence-electron chi connectivity index (χ1n) is 7.63. The fourth-order valence-electron chi connectivity index (χ4n) is 1.90.